The van der Waals surface area contributed by atoms with Crippen LogP contribution in [0.4, 0.5) is 5.69 Å². The molecule has 0 spiro atoms. The molecule has 2 aromatic rings. The molecule has 0 bridgehead atoms. The van der Waals surface area contributed by atoms with Gasteiger partial charge in [0.05, 0.1) is 6.61 Å². The number of fused-ring (bicyclic) bond motifs is 1. The van der Waals surface area contributed by atoms with E-state index in [-0.39, 0.29) is 11.8 Å². The number of hydrogen-bond donors (Lipinski definition) is 1. The molecule has 1 aliphatic rings. The van der Waals surface area contributed by atoms with E-state index in [1.807, 2.05) is 37.5 Å². The predicted molar refractivity (Wildman–Crippen MR) is 95.7 cm³/mol. The molecule has 1 aromatic carbocycles. The number of ether oxygens (including phenoxy) is 1. The van der Waals surface area contributed by atoms with Gasteiger partial charge in [-0.3, -0.25) is 4.79 Å². The summed E-state index contributed by atoms with van der Waals surface area (Å²) in [5, 5.41) is 3.72. The summed E-state index contributed by atoms with van der Waals surface area (Å²) < 4.78 is 5.52. The first kappa shape index (κ1) is 16.8. The average Bonchev–Trinajstić information content (AvgIpc) is 2.60. The first-order valence-electron chi connectivity index (χ1n) is 8.22. The quantitative estimate of drug-likeness (QED) is 0.637. The third kappa shape index (κ3) is 3.70. The lowest BCUT2D eigenvalue weighted by atomic mass is 9.86. The van der Waals surface area contributed by atoms with Crippen LogP contribution in [0.2, 0.25) is 0 Å². The molecule has 126 valence electrons. The third-order valence-corrected chi connectivity index (χ3v) is 4.94. The van der Waals surface area contributed by atoms with Crippen LogP contribution < -0.4 is 10.1 Å². The molecule has 6 heteroatoms. The van der Waals surface area contributed by atoms with Crippen LogP contribution in [0.15, 0.2) is 35.7 Å². The molecular formula is C18H21N3O2S. The van der Waals surface area contributed by atoms with Gasteiger partial charge in [0.25, 0.3) is 0 Å². The Hall–Kier alpha value is -2.08. The predicted octanol–water partition coefficient (Wildman–Crippen LogP) is 3.85. The Morgan fingerprint density at radius 2 is 2.08 bits per heavy atom. The summed E-state index contributed by atoms with van der Waals surface area (Å²) in [4.78, 5) is 21.0. The Morgan fingerprint density at radius 3 is 2.79 bits per heavy atom. The Balaban J connectivity index is 1.87. The lowest BCUT2D eigenvalue weighted by Crippen LogP contribution is -2.23. The van der Waals surface area contributed by atoms with Gasteiger partial charge in [0.15, 0.2) is 5.16 Å². The summed E-state index contributed by atoms with van der Waals surface area (Å²) in [6.45, 7) is 4.67. The average molecular weight is 343 g/mol. The van der Waals surface area contributed by atoms with Crippen molar-refractivity contribution in [3.05, 3.63) is 41.7 Å². The van der Waals surface area contributed by atoms with Crippen LogP contribution in [0.1, 0.15) is 43.7 Å². The minimum absolute atomic E-state index is 0.00517. The number of nitrogens with zero attached hydrogens (tertiary/aromatic N) is 2. The molecular weight excluding hydrogens is 322 g/mol. The fraction of sp³-hybridized carbons (Fsp3) is 0.389. The minimum Gasteiger partial charge on any atom is -0.494 e. The summed E-state index contributed by atoms with van der Waals surface area (Å²) in [6, 6.07) is 5.85. The highest BCUT2D eigenvalue weighted by Crippen LogP contribution is 2.38. The highest BCUT2D eigenvalue weighted by molar-refractivity contribution is 7.99. The van der Waals surface area contributed by atoms with Crippen LogP contribution in [0.25, 0.3) is 0 Å². The van der Waals surface area contributed by atoms with Crippen molar-refractivity contribution in [1.82, 2.24) is 9.97 Å². The molecule has 0 aliphatic carbocycles. The van der Waals surface area contributed by atoms with Crippen LogP contribution in [0, 0.1) is 0 Å². The van der Waals surface area contributed by atoms with Crippen LogP contribution in [0.5, 0.6) is 5.75 Å². The number of benzene rings is 1. The third-order valence-electron chi connectivity index (χ3n) is 3.86. The molecule has 1 amide bonds. The van der Waals surface area contributed by atoms with E-state index >= 15 is 0 Å². The molecule has 3 rings (SSSR count). The zero-order valence-corrected chi connectivity index (χ0v) is 14.7. The van der Waals surface area contributed by atoms with Crippen molar-refractivity contribution in [2.24, 2.45) is 0 Å². The van der Waals surface area contributed by atoms with Gasteiger partial charge in [0, 0.05) is 42.2 Å². The zero-order valence-electron chi connectivity index (χ0n) is 13.9. The second-order valence-corrected chi connectivity index (χ2v) is 6.70. The van der Waals surface area contributed by atoms with Crippen molar-refractivity contribution in [3.8, 4) is 5.75 Å². The van der Waals surface area contributed by atoms with E-state index < -0.39 is 0 Å². The van der Waals surface area contributed by atoms with Crippen molar-refractivity contribution >= 4 is 23.4 Å². The van der Waals surface area contributed by atoms with E-state index in [1.54, 1.807) is 11.8 Å². The molecule has 24 heavy (non-hydrogen) atoms. The topological polar surface area (TPSA) is 64.1 Å². The lowest BCUT2D eigenvalue weighted by Gasteiger charge is -2.26. The monoisotopic (exact) mass is 343 g/mol. The van der Waals surface area contributed by atoms with E-state index in [2.05, 4.69) is 22.2 Å². The van der Waals surface area contributed by atoms with E-state index in [0.29, 0.717) is 13.0 Å². The van der Waals surface area contributed by atoms with Gasteiger partial charge < -0.3 is 10.1 Å². The number of hydrogen-bond acceptors (Lipinski definition) is 5. The van der Waals surface area contributed by atoms with Crippen LogP contribution in [-0.2, 0) is 4.79 Å². The van der Waals surface area contributed by atoms with Gasteiger partial charge in [-0.25, -0.2) is 9.97 Å². The number of nitrogens with one attached hydrogen (secondary N) is 1. The molecule has 0 unspecified atom stereocenters. The Morgan fingerprint density at radius 1 is 1.29 bits per heavy atom. The van der Waals surface area contributed by atoms with Crippen molar-refractivity contribution in [1.29, 1.82) is 0 Å². The molecule has 0 fully saturated rings. The zero-order chi connectivity index (χ0) is 16.9. The summed E-state index contributed by atoms with van der Waals surface area (Å²) in [5.74, 6) is 1.76. The van der Waals surface area contributed by atoms with Gasteiger partial charge >= 0.3 is 0 Å². The first-order valence-corrected chi connectivity index (χ1v) is 9.21. The molecule has 5 nitrogen and oxygen atoms in total. The number of carbonyl (C=O) groups is 1. The van der Waals surface area contributed by atoms with Crippen molar-refractivity contribution in [2.75, 3.05) is 17.7 Å². The highest BCUT2D eigenvalue weighted by Gasteiger charge is 2.27. The van der Waals surface area contributed by atoms with E-state index in [1.165, 1.54) is 0 Å². The molecule has 0 radical (unpaired) electrons. The van der Waals surface area contributed by atoms with E-state index in [0.717, 1.165) is 39.9 Å². The Kier molecular flexibility index (Phi) is 5.35. The summed E-state index contributed by atoms with van der Waals surface area (Å²) in [6.07, 6.45) is 5.18. The number of thioether (sulfide) groups is 1. The lowest BCUT2D eigenvalue weighted by molar-refractivity contribution is -0.116. The Labute approximate surface area is 146 Å². The molecule has 0 saturated heterocycles. The van der Waals surface area contributed by atoms with E-state index in [4.69, 9.17) is 4.74 Å². The molecule has 1 atom stereocenters. The van der Waals surface area contributed by atoms with Gasteiger partial charge in [-0.15, -0.1) is 0 Å². The summed E-state index contributed by atoms with van der Waals surface area (Å²) in [5.41, 5.74) is 2.86. The maximum absolute atomic E-state index is 12.1. The van der Waals surface area contributed by atoms with Crippen LogP contribution >= 0.6 is 11.8 Å². The van der Waals surface area contributed by atoms with Crippen LogP contribution in [-0.4, -0.2) is 28.2 Å². The number of amides is 1. The molecule has 1 N–H and O–H groups in total. The fourth-order valence-electron chi connectivity index (χ4n) is 2.77. The van der Waals surface area contributed by atoms with Gasteiger partial charge in [-0.05, 0) is 30.5 Å². The maximum atomic E-state index is 12.1. The summed E-state index contributed by atoms with van der Waals surface area (Å²) >= 11 is 1.65. The largest absolute Gasteiger partial charge is 0.494 e. The molecule has 0 saturated carbocycles. The first-order chi connectivity index (χ1) is 11.7. The highest BCUT2D eigenvalue weighted by atomic mass is 32.2. The SMILES string of the molecule is CCCSc1ncc([C@@H]2CC(=O)Nc3cc(OCC)ccc32)cn1. The van der Waals surface area contributed by atoms with Crippen molar-refractivity contribution < 1.29 is 9.53 Å². The van der Waals surface area contributed by atoms with Gasteiger partial charge in [-0.2, -0.15) is 0 Å². The van der Waals surface area contributed by atoms with Crippen LogP contribution in [0.3, 0.4) is 0 Å². The standard InChI is InChI=1S/C18H21N3O2S/c1-3-7-24-18-19-10-12(11-20-18)15-9-17(22)21-16-8-13(23-4-2)5-6-14(15)16/h5-6,8,10-11,15H,3-4,7,9H2,1-2H3,(H,21,22)/t15-/m0/s1. The fourth-order valence-corrected chi connectivity index (χ4v) is 3.41. The van der Waals surface area contributed by atoms with Gasteiger partial charge in [-0.1, -0.05) is 24.8 Å². The summed E-state index contributed by atoms with van der Waals surface area (Å²) in [7, 11) is 0. The molecule has 2 heterocycles. The number of rotatable bonds is 6. The molecule has 1 aromatic heterocycles. The normalized spacial score (nSPS) is 16.4. The van der Waals surface area contributed by atoms with Crippen molar-refractivity contribution in [2.45, 2.75) is 37.8 Å². The van der Waals surface area contributed by atoms with Gasteiger partial charge in [0.1, 0.15) is 5.75 Å². The second-order valence-electron chi connectivity index (χ2n) is 5.63. The smallest absolute Gasteiger partial charge is 0.225 e. The second kappa shape index (κ2) is 7.66. The number of anilines is 1. The minimum atomic E-state index is -0.0188. The maximum Gasteiger partial charge on any atom is 0.225 e. The Bertz CT molecular complexity index is 719. The van der Waals surface area contributed by atoms with Crippen molar-refractivity contribution in [3.63, 3.8) is 0 Å². The van der Waals surface area contributed by atoms with Gasteiger partial charge in [0.2, 0.25) is 5.91 Å². The number of carbonyl (C=O) groups excluding carboxylic acids is 1. The molecule has 1 aliphatic heterocycles. The van der Waals surface area contributed by atoms with E-state index in [9.17, 15) is 4.79 Å². The number of aromatic nitrogens is 2.